The summed E-state index contributed by atoms with van der Waals surface area (Å²) < 4.78 is 38.4. The molecule has 0 fully saturated rings. The number of anilines is 2. The third-order valence-corrected chi connectivity index (χ3v) is 4.11. The number of nitrogens with one attached hydrogen (secondary N) is 2. The van der Waals surface area contributed by atoms with Crippen molar-refractivity contribution in [2.75, 3.05) is 10.6 Å². The van der Waals surface area contributed by atoms with E-state index in [0.717, 1.165) is 12.1 Å². The smallest absolute Gasteiger partial charge is 0.325 e. The van der Waals surface area contributed by atoms with E-state index in [4.69, 9.17) is 0 Å². The highest BCUT2D eigenvalue weighted by Crippen LogP contribution is 2.31. The molecule has 28 heavy (non-hydrogen) atoms. The SMILES string of the molecule is CC(=O)c1cccc(NC(=O)C(C)(C)C(=O)Nc2cccc(C(F)(F)F)c2)c1. The lowest BCUT2D eigenvalue weighted by atomic mass is 9.90. The fourth-order valence-corrected chi connectivity index (χ4v) is 2.27. The van der Waals surface area contributed by atoms with E-state index >= 15 is 0 Å². The number of hydrogen-bond donors (Lipinski definition) is 2. The third-order valence-electron chi connectivity index (χ3n) is 4.11. The largest absolute Gasteiger partial charge is 0.416 e. The molecule has 0 aliphatic carbocycles. The summed E-state index contributed by atoms with van der Waals surface area (Å²) in [6, 6.07) is 10.4. The number of alkyl halides is 3. The average molecular weight is 392 g/mol. The molecule has 2 amide bonds. The molecule has 0 heterocycles. The second-order valence-corrected chi connectivity index (χ2v) is 6.75. The molecule has 0 atom stereocenters. The predicted octanol–water partition coefficient (Wildman–Crippen LogP) is 4.51. The number of carbonyl (C=O) groups is 3. The molecule has 8 heteroatoms. The molecule has 0 bridgehead atoms. The summed E-state index contributed by atoms with van der Waals surface area (Å²) in [5, 5.41) is 4.88. The standard InChI is InChI=1S/C20H19F3N2O3/c1-12(26)13-6-4-8-15(10-13)24-17(27)19(2,3)18(28)25-16-9-5-7-14(11-16)20(21,22)23/h4-11H,1-3H3,(H,24,27)(H,25,28). The van der Waals surface area contributed by atoms with Crippen LogP contribution in [0.15, 0.2) is 48.5 Å². The normalized spacial score (nSPS) is 11.6. The Bertz CT molecular complexity index is 921. The molecule has 2 aromatic carbocycles. The van der Waals surface area contributed by atoms with Gasteiger partial charge in [0, 0.05) is 16.9 Å². The van der Waals surface area contributed by atoms with E-state index < -0.39 is 29.0 Å². The highest BCUT2D eigenvalue weighted by molar-refractivity contribution is 6.14. The molecule has 0 aliphatic rings. The van der Waals surface area contributed by atoms with E-state index in [9.17, 15) is 27.6 Å². The highest BCUT2D eigenvalue weighted by atomic mass is 19.4. The minimum atomic E-state index is -4.55. The summed E-state index contributed by atoms with van der Waals surface area (Å²) >= 11 is 0. The second-order valence-electron chi connectivity index (χ2n) is 6.75. The van der Waals surface area contributed by atoms with Gasteiger partial charge in [-0.1, -0.05) is 18.2 Å². The van der Waals surface area contributed by atoms with Crippen molar-refractivity contribution in [2.45, 2.75) is 26.9 Å². The van der Waals surface area contributed by atoms with Gasteiger partial charge in [-0.05, 0) is 51.1 Å². The van der Waals surface area contributed by atoms with Crippen LogP contribution in [0.3, 0.4) is 0 Å². The quantitative estimate of drug-likeness (QED) is 0.581. The van der Waals surface area contributed by atoms with Gasteiger partial charge >= 0.3 is 6.18 Å². The molecule has 0 unspecified atom stereocenters. The van der Waals surface area contributed by atoms with Crippen molar-refractivity contribution in [3.63, 3.8) is 0 Å². The third kappa shape index (κ3) is 4.97. The molecule has 0 saturated heterocycles. The molecule has 148 valence electrons. The zero-order valence-corrected chi connectivity index (χ0v) is 15.5. The topological polar surface area (TPSA) is 75.3 Å². The second kappa shape index (κ2) is 7.84. The number of hydrogen-bond acceptors (Lipinski definition) is 3. The molecule has 0 saturated carbocycles. The number of benzene rings is 2. The summed E-state index contributed by atoms with van der Waals surface area (Å²) in [6.07, 6.45) is -4.55. The van der Waals surface area contributed by atoms with Crippen LogP contribution in [-0.2, 0) is 15.8 Å². The van der Waals surface area contributed by atoms with E-state index in [1.54, 1.807) is 18.2 Å². The van der Waals surface area contributed by atoms with Crippen molar-refractivity contribution in [3.05, 3.63) is 59.7 Å². The molecule has 0 spiro atoms. The summed E-state index contributed by atoms with van der Waals surface area (Å²) in [7, 11) is 0. The average Bonchev–Trinajstić information content (AvgIpc) is 2.61. The first-order chi connectivity index (χ1) is 12.9. The first-order valence-corrected chi connectivity index (χ1v) is 8.32. The lowest BCUT2D eigenvalue weighted by Crippen LogP contribution is -2.41. The lowest BCUT2D eigenvalue weighted by Gasteiger charge is -2.23. The Kier molecular flexibility index (Phi) is 5.92. The number of ketones is 1. The number of halogens is 3. The first-order valence-electron chi connectivity index (χ1n) is 8.32. The van der Waals surface area contributed by atoms with Crippen molar-refractivity contribution < 1.29 is 27.6 Å². The predicted molar refractivity (Wildman–Crippen MR) is 98.9 cm³/mol. The van der Waals surface area contributed by atoms with Crippen molar-refractivity contribution in [3.8, 4) is 0 Å². The monoisotopic (exact) mass is 392 g/mol. The molecule has 5 nitrogen and oxygen atoms in total. The summed E-state index contributed by atoms with van der Waals surface area (Å²) in [4.78, 5) is 36.5. The van der Waals surface area contributed by atoms with Crippen LogP contribution >= 0.6 is 0 Å². The summed E-state index contributed by atoms with van der Waals surface area (Å²) in [6.45, 7) is 4.08. The highest BCUT2D eigenvalue weighted by Gasteiger charge is 2.37. The number of Topliss-reactive ketones (excluding diaryl/α,β-unsaturated/α-hetero) is 1. The van der Waals surface area contributed by atoms with Crippen LogP contribution in [0, 0.1) is 5.41 Å². The molecule has 2 aromatic rings. The van der Waals surface area contributed by atoms with Gasteiger partial charge in [0.1, 0.15) is 5.41 Å². The zero-order chi connectivity index (χ0) is 21.1. The van der Waals surface area contributed by atoms with Crippen LogP contribution in [0.5, 0.6) is 0 Å². The maximum atomic E-state index is 12.8. The van der Waals surface area contributed by atoms with Gasteiger partial charge in [-0.3, -0.25) is 14.4 Å². The van der Waals surface area contributed by atoms with Gasteiger partial charge in [-0.25, -0.2) is 0 Å². The van der Waals surface area contributed by atoms with E-state index in [1.807, 2.05) is 0 Å². The first kappa shape index (κ1) is 21.1. The molecular weight excluding hydrogens is 373 g/mol. The molecule has 0 radical (unpaired) electrons. The van der Waals surface area contributed by atoms with Gasteiger partial charge < -0.3 is 10.6 Å². The Morgan fingerprint density at radius 1 is 0.821 bits per heavy atom. The van der Waals surface area contributed by atoms with Crippen molar-refractivity contribution in [1.29, 1.82) is 0 Å². The van der Waals surface area contributed by atoms with Crippen LogP contribution in [0.25, 0.3) is 0 Å². The Balaban J connectivity index is 2.15. The Morgan fingerprint density at radius 3 is 1.82 bits per heavy atom. The van der Waals surface area contributed by atoms with Crippen LogP contribution in [-0.4, -0.2) is 17.6 Å². The molecule has 0 aliphatic heterocycles. The summed E-state index contributed by atoms with van der Waals surface area (Å²) in [5.74, 6) is -1.62. The molecule has 2 rings (SSSR count). The fraction of sp³-hybridized carbons (Fsp3) is 0.250. The van der Waals surface area contributed by atoms with Crippen molar-refractivity contribution in [2.24, 2.45) is 5.41 Å². The Labute approximate surface area is 159 Å². The lowest BCUT2D eigenvalue weighted by molar-refractivity contribution is -0.138. The Hall–Kier alpha value is -3.16. The van der Waals surface area contributed by atoms with E-state index in [0.29, 0.717) is 11.3 Å². The fourth-order valence-electron chi connectivity index (χ4n) is 2.27. The molecular formula is C20H19F3N2O3. The minimum Gasteiger partial charge on any atom is -0.325 e. The maximum Gasteiger partial charge on any atom is 0.416 e. The number of carbonyl (C=O) groups excluding carboxylic acids is 3. The van der Waals surface area contributed by atoms with Gasteiger partial charge in [-0.2, -0.15) is 13.2 Å². The summed E-state index contributed by atoms with van der Waals surface area (Å²) in [5.41, 5.74) is -1.84. The van der Waals surface area contributed by atoms with Crippen molar-refractivity contribution in [1.82, 2.24) is 0 Å². The minimum absolute atomic E-state index is 0.0701. The van der Waals surface area contributed by atoms with Crippen LogP contribution in [0.4, 0.5) is 24.5 Å². The van der Waals surface area contributed by atoms with Gasteiger partial charge in [0.2, 0.25) is 11.8 Å². The van der Waals surface area contributed by atoms with Gasteiger partial charge in [0.25, 0.3) is 0 Å². The molecule has 0 aromatic heterocycles. The maximum absolute atomic E-state index is 12.8. The Morgan fingerprint density at radius 2 is 1.32 bits per heavy atom. The van der Waals surface area contributed by atoms with Gasteiger partial charge in [0.15, 0.2) is 5.78 Å². The number of amides is 2. The zero-order valence-electron chi connectivity index (χ0n) is 15.5. The van der Waals surface area contributed by atoms with Crippen molar-refractivity contribution >= 4 is 29.0 Å². The van der Waals surface area contributed by atoms with Crippen LogP contribution in [0.2, 0.25) is 0 Å². The molecule has 2 N–H and O–H groups in total. The van der Waals surface area contributed by atoms with Gasteiger partial charge in [0.05, 0.1) is 5.56 Å². The van der Waals surface area contributed by atoms with E-state index in [2.05, 4.69) is 10.6 Å². The van der Waals surface area contributed by atoms with Crippen LogP contribution in [0.1, 0.15) is 36.7 Å². The van der Waals surface area contributed by atoms with E-state index in [1.165, 1.54) is 39.0 Å². The number of rotatable bonds is 5. The van der Waals surface area contributed by atoms with Crippen LogP contribution < -0.4 is 10.6 Å². The van der Waals surface area contributed by atoms with Gasteiger partial charge in [-0.15, -0.1) is 0 Å². The van der Waals surface area contributed by atoms with E-state index in [-0.39, 0.29) is 11.5 Å².